The van der Waals surface area contributed by atoms with E-state index in [9.17, 15) is 0 Å². The highest BCUT2D eigenvalue weighted by atomic mass is 35.5. The maximum absolute atomic E-state index is 6.24. The lowest BCUT2D eigenvalue weighted by atomic mass is 9.99. The van der Waals surface area contributed by atoms with Gasteiger partial charge in [-0.15, -0.1) is 0 Å². The first-order valence-electron chi connectivity index (χ1n) is 5.97. The Morgan fingerprint density at radius 1 is 1.11 bits per heavy atom. The van der Waals surface area contributed by atoms with Crippen LogP contribution in [0, 0.1) is 13.8 Å². The molecule has 1 aromatic heterocycles. The maximum Gasteiger partial charge on any atom is 0.0648 e. The summed E-state index contributed by atoms with van der Waals surface area (Å²) < 4.78 is 0. The molecule has 0 bridgehead atoms. The van der Waals surface area contributed by atoms with Gasteiger partial charge in [-0.05, 0) is 49.6 Å². The summed E-state index contributed by atoms with van der Waals surface area (Å²) in [6, 6.07) is 7.41. The minimum absolute atomic E-state index is 0.133. The fourth-order valence-corrected chi connectivity index (χ4v) is 2.30. The van der Waals surface area contributed by atoms with Crippen molar-refractivity contribution in [3.8, 4) is 0 Å². The fourth-order valence-electron chi connectivity index (χ4n) is 1.98. The van der Waals surface area contributed by atoms with Crippen LogP contribution in [-0.4, -0.2) is 10.2 Å². The summed E-state index contributed by atoms with van der Waals surface area (Å²) in [6.07, 6.45) is 0.683. The van der Waals surface area contributed by atoms with E-state index < -0.39 is 0 Å². The monoisotopic (exact) mass is 295 g/mol. The Morgan fingerprint density at radius 2 is 1.84 bits per heavy atom. The number of hydrogen-bond donors (Lipinski definition) is 1. The second kappa shape index (κ2) is 5.87. The maximum atomic E-state index is 6.24. The SMILES string of the molecule is Cc1cc(C(N)Cc2ccc(Cl)c(Cl)c2)c(C)nn1. The Morgan fingerprint density at radius 3 is 2.53 bits per heavy atom. The number of nitrogens with two attached hydrogens (primary N) is 1. The molecule has 0 aliphatic carbocycles. The van der Waals surface area contributed by atoms with Crippen LogP contribution in [0.15, 0.2) is 24.3 Å². The molecule has 1 aromatic carbocycles. The van der Waals surface area contributed by atoms with Crippen LogP contribution in [0.5, 0.6) is 0 Å². The summed E-state index contributed by atoms with van der Waals surface area (Å²) in [5, 5.41) is 9.21. The normalized spacial score (nSPS) is 12.5. The number of nitrogens with zero attached hydrogens (tertiary/aromatic N) is 2. The third kappa shape index (κ3) is 3.44. The molecule has 0 aliphatic rings. The third-order valence-electron chi connectivity index (χ3n) is 2.98. The van der Waals surface area contributed by atoms with Crippen LogP contribution in [0.25, 0.3) is 0 Å². The lowest BCUT2D eigenvalue weighted by molar-refractivity contribution is 0.700. The molecular weight excluding hydrogens is 281 g/mol. The van der Waals surface area contributed by atoms with Gasteiger partial charge in [0.25, 0.3) is 0 Å². The van der Waals surface area contributed by atoms with E-state index in [1.807, 2.05) is 32.0 Å². The molecule has 19 heavy (non-hydrogen) atoms. The Labute approximate surface area is 122 Å². The molecule has 100 valence electrons. The topological polar surface area (TPSA) is 51.8 Å². The summed E-state index contributed by atoms with van der Waals surface area (Å²) >= 11 is 11.9. The van der Waals surface area contributed by atoms with E-state index in [1.54, 1.807) is 6.07 Å². The highest BCUT2D eigenvalue weighted by Crippen LogP contribution is 2.25. The molecule has 1 heterocycles. The van der Waals surface area contributed by atoms with E-state index in [0.29, 0.717) is 16.5 Å². The molecule has 1 unspecified atom stereocenters. The van der Waals surface area contributed by atoms with Crippen molar-refractivity contribution in [2.75, 3.05) is 0 Å². The van der Waals surface area contributed by atoms with Gasteiger partial charge in [-0.1, -0.05) is 29.3 Å². The first-order valence-corrected chi connectivity index (χ1v) is 6.73. The van der Waals surface area contributed by atoms with Crippen LogP contribution in [0.1, 0.15) is 28.6 Å². The Balaban J connectivity index is 2.22. The zero-order valence-corrected chi connectivity index (χ0v) is 12.3. The fraction of sp³-hybridized carbons (Fsp3) is 0.286. The number of rotatable bonds is 3. The predicted molar refractivity (Wildman–Crippen MR) is 78.6 cm³/mol. The van der Waals surface area contributed by atoms with Gasteiger partial charge < -0.3 is 5.73 Å². The van der Waals surface area contributed by atoms with Crippen molar-refractivity contribution in [2.24, 2.45) is 5.73 Å². The van der Waals surface area contributed by atoms with Crippen LogP contribution in [0.2, 0.25) is 10.0 Å². The first kappa shape index (κ1) is 14.3. The van der Waals surface area contributed by atoms with E-state index in [1.165, 1.54) is 0 Å². The second-order valence-corrected chi connectivity index (χ2v) is 5.40. The zero-order valence-electron chi connectivity index (χ0n) is 10.8. The van der Waals surface area contributed by atoms with Crippen molar-refractivity contribution >= 4 is 23.2 Å². The van der Waals surface area contributed by atoms with E-state index in [2.05, 4.69) is 10.2 Å². The van der Waals surface area contributed by atoms with Crippen molar-refractivity contribution in [3.05, 3.63) is 56.8 Å². The molecule has 0 aliphatic heterocycles. The molecule has 2 rings (SSSR count). The van der Waals surface area contributed by atoms with Gasteiger partial charge >= 0.3 is 0 Å². The number of aryl methyl sites for hydroxylation is 2. The smallest absolute Gasteiger partial charge is 0.0648 e. The van der Waals surface area contributed by atoms with Gasteiger partial charge in [0.2, 0.25) is 0 Å². The van der Waals surface area contributed by atoms with Crippen LogP contribution in [0.4, 0.5) is 0 Å². The average molecular weight is 296 g/mol. The van der Waals surface area contributed by atoms with Gasteiger partial charge in [0, 0.05) is 6.04 Å². The Bertz CT molecular complexity index is 599. The van der Waals surface area contributed by atoms with Crippen molar-refractivity contribution in [2.45, 2.75) is 26.3 Å². The largest absolute Gasteiger partial charge is 0.324 e. The summed E-state index contributed by atoms with van der Waals surface area (Å²) in [7, 11) is 0. The van der Waals surface area contributed by atoms with Gasteiger partial charge in [-0.25, -0.2) is 0 Å². The van der Waals surface area contributed by atoms with Crippen molar-refractivity contribution in [3.63, 3.8) is 0 Å². The zero-order chi connectivity index (χ0) is 14.0. The standard InChI is InChI=1S/C14H15Cl2N3/c1-8-5-11(9(2)19-18-8)14(17)7-10-3-4-12(15)13(16)6-10/h3-6,14H,7,17H2,1-2H3. The van der Waals surface area contributed by atoms with Crippen LogP contribution < -0.4 is 5.73 Å². The summed E-state index contributed by atoms with van der Waals surface area (Å²) in [5.41, 5.74) is 10.0. The van der Waals surface area contributed by atoms with E-state index in [0.717, 1.165) is 22.5 Å². The van der Waals surface area contributed by atoms with E-state index in [-0.39, 0.29) is 6.04 Å². The molecule has 2 aromatic rings. The lowest BCUT2D eigenvalue weighted by Crippen LogP contribution is -2.16. The lowest BCUT2D eigenvalue weighted by Gasteiger charge is -2.14. The van der Waals surface area contributed by atoms with Crippen LogP contribution in [0.3, 0.4) is 0 Å². The molecule has 2 N–H and O–H groups in total. The molecule has 1 atom stereocenters. The van der Waals surface area contributed by atoms with Crippen LogP contribution in [-0.2, 0) is 6.42 Å². The number of hydrogen-bond acceptors (Lipinski definition) is 3. The molecule has 3 nitrogen and oxygen atoms in total. The van der Waals surface area contributed by atoms with Gasteiger partial charge in [0.05, 0.1) is 21.4 Å². The van der Waals surface area contributed by atoms with Crippen LogP contribution >= 0.6 is 23.2 Å². The minimum Gasteiger partial charge on any atom is -0.324 e. The highest BCUT2D eigenvalue weighted by molar-refractivity contribution is 6.42. The molecule has 0 saturated carbocycles. The molecule has 0 amide bonds. The molecule has 0 radical (unpaired) electrons. The van der Waals surface area contributed by atoms with Crippen molar-refractivity contribution in [1.82, 2.24) is 10.2 Å². The number of benzene rings is 1. The molecule has 0 spiro atoms. The number of aromatic nitrogens is 2. The molecule has 0 fully saturated rings. The molecule has 5 heteroatoms. The second-order valence-electron chi connectivity index (χ2n) is 4.59. The van der Waals surface area contributed by atoms with Gasteiger partial charge in [0.1, 0.15) is 0 Å². The number of halogens is 2. The third-order valence-corrected chi connectivity index (χ3v) is 3.72. The summed E-state index contributed by atoms with van der Waals surface area (Å²) in [6.45, 7) is 3.82. The minimum atomic E-state index is -0.133. The molecular formula is C14H15Cl2N3. The predicted octanol–water partition coefficient (Wildman–Crippen LogP) is 3.64. The first-order chi connectivity index (χ1) is 8.97. The van der Waals surface area contributed by atoms with E-state index >= 15 is 0 Å². The van der Waals surface area contributed by atoms with Crippen molar-refractivity contribution in [1.29, 1.82) is 0 Å². The van der Waals surface area contributed by atoms with Gasteiger partial charge in [-0.3, -0.25) is 0 Å². The summed E-state index contributed by atoms with van der Waals surface area (Å²) in [5.74, 6) is 0. The van der Waals surface area contributed by atoms with Gasteiger partial charge in [-0.2, -0.15) is 10.2 Å². The quantitative estimate of drug-likeness (QED) is 0.940. The van der Waals surface area contributed by atoms with Crippen molar-refractivity contribution < 1.29 is 0 Å². The van der Waals surface area contributed by atoms with Gasteiger partial charge in [0.15, 0.2) is 0 Å². The Kier molecular flexibility index (Phi) is 4.40. The highest BCUT2D eigenvalue weighted by Gasteiger charge is 2.12. The average Bonchev–Trinajstić information content (AvgIpc) is 2.36. The Hall–Kier alpha value is -1.16. The van der Waals surface area contributed by atoms with E-state index in [4.69, 9.17) is 28.9 Å². The molecule has 0 saturated heterocycles. The summed E-state index contributed by atoms with van der Waals surface area (Å²) in [4.78, 5) is 0.